The molecule has 0 saturated carbocycles. The summed E-state index contributed by atoms with van der Waals surface area (Å²) in [5.41, 5.74) is -0.304. The Morgan fingerprint density at radius 2 is 1.90 bits per heavy atom. The van der Waals surface area contributed by atoms with Gasteiger partial charge in [-0.05, 0) is 37.1 Å². The van der Waals surface area contributed by atoms with Crippen LogP contribution in [0.3, 0.4) is 0 Å². The molecule has 0 spiro atoms. The zero-order chi connectivity index (χ0) is 15.8. The van der Waals surface area contributed by atoms with Crippen molar-refractivity contribution in [2.75, 3.05) is 20.2 Å². The molecule has 1 aliphatic rings. The van der Waals surface area contributed by atoms with Crippen LogP contribution in [0.25, 0.3) is 0 Å². The standard InChI is InChI=1S/C15H18FNO4/c1-9-6-11(7-10(2)12(9)21-3)13(18)17-5-4-15(16,8-17)14(19)20/h6-7H,4-5,8H2,1-3H3,(H,19,20)/t15-/m0/s1. The van der Waals surface area contributed by atoms with Crippen LogP contribution in [0.2, 0.25) is 0 Å². The van der Waals surface area contributed by atoms with Crippen LogP contribution in [0.5, 0.6) is 5.75 Å². The molecule has 0 aromatic heterocycles. The van der Waals surface area contributed by atoms with E-state index in [0.29, 0.717) is 11.3 Å². The summed E-state index contributed by atoms with van der Waals surface area (Å²) in [6.45, 7) is 3.34. The molecule has 21 heavy (non-hydrogen) atoms. The highest BCUT2D eigenvalue weighted by molar-refractivity contribution is 5.96. The Morgan fingerprint density at radius 3 is 2.33 bits per heavy atom. The number of alkyl halides is 1. The lowest BCUT2D eigenvalue weighted by Crippen LogP contribution is -2.38. The fraction of sp³-hybridized carbons (Fsp3) is 0.467. The third-order valence-corrected chi connectivity index (χ3v) is 3.80. The summed E-state index contributed by atoms with van der Waals surface area (Å²) in [5, 5.41) is 8.87. The zero-order valence-corrected chi connectivity index (χ0v) is 12.3. The van der Waals surface area contributed by atoms with Crippen molar-refractivity contribution in [3.05, 3.63) is 28.8 Å². The van der Waals surface area contributed by atoms with Gasteiger partial charge in [0.05, 0.1) is 13.7 Å². The molecule has 1 aliphatic heterocycles. The van der Waals surface area contributed by atoms with Crippen molar-refractivity contribution in [2.24, 2.45) is 0 Å². The largest absolute Gasteiger partial charge is 0.496 e. The van der Waals surface area contributed by atoms with E-state index in [9.17, 15) is 14.0 Å². The van der Waals surface area contributed by atoms with Gasteiger partial charge in [0.2, 0.25) is 5.67 Å². The molecule has 1 N–H and O–H groups in total. The Morgan fingerprint density at radius 1 is 1.33 bits per heavy atom. The van der Waals surface area contributed by atoms with Crippen LogP contribution in [-0.4, -0.2) is 47.8 Å². The Hall–Kier alpha value is -2.11. The highest BCUT2D eigenvalue weighted by Crippen LogP contribution is 2.29. The van der Waals surface area contributed by atoms with Gasteiger partial charge in [-0.1, -0.05) is 0 Å². The number of amides is 1. The molecule has 5 nitrogen and oxygen atoms in total. The number of carboxylic acid groups (broad SMARTS) is 1. The van der Waals surface area contributed by atoms with Crippen LogP contribution < -0.4 is 4.74 Å². The third kappa shape index (κ3) is 2.70. The molecule has 1 aromatic rings. The molecular formula is C15H18FNO4. The van der Waals surface area contributed by atoms with Crippen LogP contribution >= 0.6 is 0 Å². The maximum Gasteiger partial charge on any atom is 0.343 e. The topological polar surface area (TPSA) is 66.8 Å². The minimum absolute atomic E-state index is 0.103. The number of halogens is 1. The smallest absolute Gasteiger partial charge is 0.343 e. The summed E-state index contributed by atoms with van der Waals surface area (Å²) < 4.78 is 19.3. The van der Waals surface area contributed by atoms with Crippen molar-refractivity contribution in [2.45, 2.75) is 25.9 Å². The van der Waals surface area contributed by atoms with Crippen LogP contribution in [0, 0.1) is 13.8 Å². The number of rotatable bonds is 3. The van der Waals surface area contributed by atoms with Gasteiger partial charge in [0.15, 0.2) is 0 Å². The molecular weight excluding hydrogens is 277 g/mol. The van der Waals surface area contributed by atoms with Crippen LogP contribution in [0.15, 0.2) is 12.1 Å². The second-order valence-electron chi connectivity index (χ2n) is 5.39. The number of aryl methyl sites for hydroxylation is 2. The summed E-state index contributed by atoms with van der Waals surface area (Å²) in [7, 11) is 1.56. The SMILES string of the molecule is COc1c(C)cc(C(=O)N2CC[C@@](F)(C(=O)O)C2)cc1C. The van der Waals surface area contributed by atoms with Gasteiger partial charge in [0, 0.05) is 18.5 Å². The van der Waals surface area contributed by atoms with E-state index in [-0.39, 0.29) is 18.9 Å². The van der Waals surface area contributed by atoms with Gasteiger partial charge in [-0.2, -0.15) is 0 Å². The fourth-order valence-electron chi connectivity index (χ4n) is 2.70. The average Bonchev–Trinajstić information content (AvgIpc) is 2.81. The monoisotopic (exact) mass is 295 g/mol. The van der Waals surface area contributed by atoms with Gasteiger partial charge in [-0.3, -0.25) is 4.79 Å². The van der Waals surface area contributed by atoms with E-state index in [1.54, 1.807) is 19.2 Å². The van der Waals surface area contributed by atoms with Crippen molar-refractivity contribution in [1.29, 1.82) is 0 Å². The Kier molecular flexibility index (Phi) is 3.89. The summed E-state index contributed by atoms with van der Waals surface area (Å²) in [6.07, 6.45) is -0.178. The number of hydrogen-bond donors (Lipinski definition) is 1. The van der Waals surface area contributed by atoms with E-state index in [2.05, 4.69) is 0 Å². The van der Waals surface area contributed by atoms with E-state index >= 15 is 0 Å². The molecule has 0 radical (unpaired) electrons. The lowest BCUT2D eigenvalue weighted by atomic mass is 10.0. The summed E-state index contributed by atoms with van der Waals surface area (Å²) >= 11 is 0. The average molecular weight is 295 g/mol. The van der Waals surface area contributed by atoms with Gasteiger partial charge in [0.1, 0.15) is 5.75 Å². The number of carbonyl (C=O) groups is 2. The first-order chi connectivity index (χ1) is 9.78. The number of likely N-dealkylation sites (tertiary alicyclic amines) is 1. The number of carboxylic acids is 1. The quantitative estimate of drug-likeness (QED) is 0.925. The first kappa shape index (κ1) is 15.3. The maximum absolute atomic E-state index is 14.0. The van der Waals surface area contributed by atoms with Crippen molar-refractivity contribution in [3.63, 3.8) is 0 Å². The highest BCUT2D eigenvalue weighted by Gasteiger charge is 2.47. The molecule has 1 atom stereocenters. The molecule has 1 heterocycles. The molecule has 6 heteroatoms. The van der Waals surface area contributed by atoms with Crippen LogP contribution in [0.4, 0.5) is 4.39 Å². The Labute approximate surface area is 122 Å². The zero-order valence-electron chi connectivity index (χ0n) is 12.3. The molecule has 0 aliphatic carbocycles. The summed E-state index contributed by atoms with van der Waals surface area (Å²) in [6, 6.07) is 3.35. The predicted molar refractivity (Wildman–Crippen MR) is 74.5 cm³/mol. The van der Waals surface area contributed by atoms with E-state index in [1.165, 1.54) is 4.90 Å². The van der Waals surface area contributed by atoms with Crippen molar-refractivity contribution in [3.8, 4) is 5.75 Å². The van der Waals surface area contributed by atoms with Crippen molar-refractivity contribution >= 4 is 11.9 Å². The minimum atomic E-state index is -2.34. The number of aliphatic carboxylic acids is 1. The number of nitrogens with zero attached hydrogens (tertiary/aromatic N) is 1. The Balaban J connectivity index is 2.24. The van der Waals surface area contributed by atoms with Crippen LogP contribution in [-0.2, 0) is 4.79 Å². The second-order valence-corrected chi connectivity index (χ2v) is 5.39. The number of methoxy groups -OCH3 is 1. The van der Waals surface area contributed by atoms with Gasteiger partial charge in [0.25, 0.3) is 5.91 Å². The fourth-order valence-corrected chi connectivity index (χ4v) is 2.70. The molecule has 1 saturated heterocycles. The normalized spacial score (nSPS) is 21.4. The minimum Gasteiger partial charge on any atom is -0.496 e. The molecule has 1 fully saturated rings. The predicted octanol–water partition coefficient (Wildman–Crippen LogP) is 1.95. The maximum atomic E-state index is 14.0. The molecule has 1 aromatic carbocycles. The van der Waals surface area contributed by atoms with Gasteiger partial charge >= 0.3 is 5.97 Å². The Bertz CT molecular complexity index is 578. The van der Waals surface area contributed by atoms with E-state index in [1.807, 2.05) is 13.8 Å². The van der Waals surface area contributed by atoms with Crippen molar-refractivity contribution in [1.82, 2.24) is 4.90 Å². The van der Waals surface area contributed by atoms with Gasteiger partial charge in [-0.15, -0.1) is 0 Å². The van der Waals surface area contributed by atoms with E-state index < -0.39 is 18.2 Å². The van der Waals surface area contributed by atoms with Gasteiger partial charge in [-0.25, -0.2) is 9.18 Å². The molecule has 2 rings (SSSR count). The van der Waals surface area contributed by atoms with Crippen LogP contribution in [0.1, 0.15) is 27.9 Å². The first-order valence-electron chi connectivity index (χ1n) is 6.65. The summed E-state index contributed by atoms with van der Waals surface area (Å²) in [5.74, 6) is -1.16. The second kappa shape index (κ2) is 5.35. The number of carbonyl (C=O) groups excluding carboxylic acids is 1. The number of benzene rings is 1. The molecule has 0 unspecified atom stereocenters. The highest BCUT2D eigenvalue weighted by atomic mass is 19.1. The molecule has 114 valence electrons. The van der Waals surface area contributed by atoms with Crippen molar-refractivity contribution < 1.29 is 23.8 Å². The van der Waals surface area contributed by atoms with E-state index in [4.69, 9.17) is 9.84 Å². The number of hydrogen-bond acceptors (Lipinski definition) is 3. The van der Waals surface area contributed by atoms with E-state index in [0.717, 1.165) is 11.1 Å². The lowest BCUT2D eigenvalue weighted by Gasteiger charge is -2.19. The lowest BCUT2D eigenvalue weighted by molar-refractivity contribution is -0.149. The first-order valence-corrected chi connectivity index (χ1v) is 6.65. The number of ether oxygens (including phenoxy) is 1. The van der Waals surface area contributed by atoms with Gasteiger partial charge < -0.3 is 14.7 Å². The molecule has 1 amide bonds. The summed E-state index contributed by atoms with van der Waals surface area (Å²) in [4.78, 5) is 24.5. The molecule has 0 bridgehead atoms. The third-order valence-electron chi connectivity index (χ3n) is 3.80.